The summed E-state index contributed by atoms with van der Waals surface area (Å²) in [7, 11) is 1.50. The topological polar surface area (TPSA) is 141 Å². The monoisotopic (exact) mass is 437 g/mol. The van der Waals surface area contributed by atoms with E-state index in [9.17, 15) is 14.4 Å². The lowest BCUT2D eigenvalue weighted by atomic mass is 10.2. The summed E-state index contributed by atoms with van der Waals surface area (Å²) in [5.74, 6) is -0.212. The van der Waals surface area contributed by atoms with Gasteiger partial charge in [0, 0.05) is 26.2 Å². The Balaban J connectivity index is 1.87. The number of aromatic amines is 1. The molecule has 0 spiro atoms. The molecule has 0 atom stereocenters. The number of carbonyl (C=O) groups excluding carboxylic acids is 1. The maximum Gasteiger partial charge on any atom is 0.330 e. The van der Waals surface area contributed by atoms with Crippen LogP contribution in [0.4, 0.5) is 11.5 Å². The van der Waals surface area contributed by atoms with Crippen LogP contribution in [0.15, 0.2) is 21.1 Å². The van der Waals surface area contributed by atoms with Crippen LogP contribution in [0.5, 0.6) is 0 Å². The number of aromatic nitrogens is 5. The fourth-order valence-corrected chi connectivity index (χ4v) is 3.93. The average molecular weight is 438 g/mol. The molecule has 1 fully saturated rings. The Kier molecular flexibility index (Phi) is 6.98. The van der Waals surface area contributed by atoms with E-state index in [1.54, 1.807) is 6.33 Å². The summed E-state index contributed by atoms with van der Waals surface area (Å²) >= 11 is 1.25. The van der Waals surface area contributed by atoms with Gasteiger partial charge in [0.15, 0.2) is 10.8 Å². The van der Waals surface area contributed by atoms with Crippen LogP contribution in [0.2, 0.25) is 0 Å². The number of anilines is 2. The molecule has 11 nitrogen and oxygen atoms in total. The summed E-state index contributed by atoms with van der Waals surface area (Å²) in [5.41, 5.74) is 4.84. The van der Waals surface area contributed by atoms with Crippen LogP contribution < -0.4 is 21.9 Å². The van der Waals surface area contributed by atoms with Gasteiger partial charge in [0.2, 0.25) is 5.91 Å². The number of ether oxygens (including phenoxy) is 1. The average Bonchev–Trinajstić information content (AvgIpc) is 3.43. The number of nitrogens with zero attached hydrogens (tertiary/aromatic N) is 5. The van der Waals surface area contributed by atoms with E-state index in [1.807, 2.05) is 18.4 Å². The molecule has 2 aromatic rings. The standard InChI is InChI=1S/C18H27N7O4S/c1-11(2)8-24-15(19)14(16(27)21-17(24)28)23(6-7-29-3)13(26)9-30-18-22-20-10-25(18)12-4-5-12/h10-12H,4-9,19H2,1-3H3,(H,21,27,28). The van der Waals surface area contributed by atoms with Gasteiger partial charge in [0.1, 0.15) is 12.1 Å². The SMILES string of the molecule is COCCN(C(=O)CSc1nncn1C1CC1)c1c(N)n(CC(C)C)c(=O)[nH]c1=O. The van der Waals surface area contributed by atoms with Gasteiger partial charge in [0.05, 0.1) is 12.4 Å². The van der Waals surface area contributed by atoms with Crippen LogP contribution in [0.25, 0.3) is 0 Å². The highest BCUT2D eigenvalue weighted by atomic mass is 32.2. The Labute approximate surface area is 177 Å². The van der Waals surface area contributed by atoms with Crippen molar-refractivity contribution in [2.24, 2.45) is 5.92 Å². The first-order valence-electron chi connectivity index (χ1n) is 9.77. The molecular formula is C18H27N7O4S. The van der Waals surface area contributed by atoms with Crippen LogP contribution >= 0.6 is 11.8 Å². The summed E-state index contributed by atoms with van der Waals surface area (Å²) < 4.78 is 8.35. The van der Waals surface area contributed by atoms with Crippen molar-refractivity contribution in [3.05, 3.63) is 27.2 Å². The quantitative estimate of drug-likeness (QED) is 0.511. The summed E-state index contributed by atoms with van der Waals surface area (Å²) in [5, 5.41) is 8.66. The van der Waals surface area contributed by atoms with E-state index in [0.29, 0.717) is 17.7 Å². The van der Waals surface area contributed by atoms with Crippen molar-refractivity contribution in [1.29, 1.82) is 0 Å². The van der Waals surface area contributed by atoms with E-state index < -0.39 is 11.2 Å². The normalized spacial score (nSPS) is 13.7. The maximum atomic E-state index is 13.1. The lowest BCUT2D eigenvalue weighted by Crippen LogP contribution is -2.43. The lowest BCUT2D eigenvalue weighted by molar-refractivity contribution is -0.116. The minimum absolute atomic E-state index is 0.0342. The fraction of sp³-hybridized carbons (Fsp3) is 0.611. The fourth-order valence-electron chi connectivity index (χ4n) is 3.07. The minimum Gasteiger partial charge on any atom is -0.383 e. The number of amides is 1. The summed E-state index contributed by atoms with van der Waals surface area (Å²) in [4.78, 5) is 41.4. The predicted octanol–water partition coefficient (Wildman–Crippen LogP) is 0.473. The highest BCUT2D eigenvalue weighted by Gasteiger charge is 2.28. The van der Waals surface area contributed by atoms with Gasteiger partial charge in [-0.3, -0.25) is 19.1 Å². The zero-order valence-corrected chi connectivity index (χ0v) is 18.1. The second kappa shape index (κ2) is 9.47. The third-order valence-corrected chi connectivity index (χ3v) is 5.60. The van der Waals surface area contributed by atoms with Gasteiger partial charge >= 0.3 is 5.69 Å². The number of hydrogen-bond acceptors (Lipinski definition) is 8. The molecule has 12 heteroatoms. The molecule has 1 aliphatic rings. The number of nitrogen functional groups attached to an aromatic ring is 1. The third kappa shape index (κ3) is 4.93. The van der Waals surface area contributed by atoms with E-state index >= 15 is 0 Å². The van der Waals surface area contributed by atoms with E-state index in [-0.39, 0.29) is 42.2 Å². The maximum absolute atomic E-state index is 13.1. The molecule has 0 aliphatic heterocycles. The Morgan fingerprint density at radius 3 is 2.80 bits per heavy atom. The Hall–Kier alpha value is -2.60. The number of hydrogen-bond donors (Lipinski definition) is 2. The first kappa shape index (κ1) is 22.1. The van der Waals surface area contributed by atoms with Gasteiger partial charge in [-0.1, -0.05) is 25.6 Å². The summed E-state index contributed by atoms with van der Waals surface area (Å²) in [6, 6.07) is 0.389. The molecule has 164 valence electrons. The van der Waals surface area contributed by atoms with Crippen molar-refractivity contribution in [2.75, 3.05) is 36.6 Å². The molecule has 30 heavy (non-hydrogen) atoms. The molecule has 1 aliphatic carbocycles. The highest BCUT2D eigenvalue weighted by Crippen LogP contribution is 2.37. The van der Waals surface area contributed by atoms with Crippen LogP contribution in [0.1, 0.15) is 32.7 Å². The van der Waals surface area contributed by atoms with Crippen LogP contribution in [0, 0.1) is 5.92 Å². The van der Waals surface area contributed by atoms with Crippen LogP contribution in [-0.4, -0.2) is 56.2 Å². The van der Waals surface area contributed by atoms with Crippen molar-refractivity contribution in [3.63, 3.8) is 0 Å². The Morgan fingerprint density at radius 1 is 1.43 bits per heavy atom. The van der Waals surface area contributed by atoms with Crippen molar-refractivity contribution < 1.29 is 9.53 Å². The second-order valence-electron chi connectivity index (χ2n) is 7.58. The van der Waals surface area contributed by atoms with E-state index in [4.69, 9.17) is 10.5 Å². The number of methoxy groups -OCH3 is 1. The number of nitrogens with two attached hydrogens (primary N) is 1. The van der Waals surface area contributed by atoms with Gasteiger partial charge in [-0.15, -0.1) is 10.2 Å². The number of thioether (sulfide) groups is 1. The number of nitrogens with one attached hydrogen (secondary N) is 1. The minimum atomic E-state index is -0.701. The van der Waals surface area contributed by atoms with Crippen LogP contribution in [0.3, 0.4) is 0 Å². The first-order chi connectivity index (χ1) is 14.3. The van der Waals surface area contributed by atoms with Crippen LogP contribution in [-0.2, 0) is 16.1 Å². The van der Waals surface area contributed by atoms with Gasteiger partial charge in [-0.25, -0.2) is 4.79 Å². The van der Waals surface area contributed by atoms with Gasteiger partial charge < -0.3 is 19.9 Å². The molecule has 3 N–H and O–H groups in total. The molecule has 1 amide bonds. The molecule has 2 aromatic heterocycles. The third-order valence-electron chi connectivity index (χ3n) is 4.66. The predicted molar refractivity (Wildman–Crippen MR) is 114 cm³/mol. The van der Waals surface area contributed by atoms with E-state index in [2.05, 4.69) is 15.2 Å². The molecule has 2 heterocycles. The zero-order valence-electron chi connectivity index (χ0n) is 17.3. The molecule has 0 saturated heterocycles. The molecule has 3 rings (SSSR count). The van der Waals surface area contributed by atoms with Gasteiger partial charge in [-0.2, -0.15) is 0 Å². The van der Waals surface area contributed by atoms with Gasteiger partial charge in [0.25, 0.3) is 5.56 Å². The first-order valence-corrected chi connectivity index (χ1v) is 10.8. The Bertz CT molecular complexity index is 1010. The van der Waals surface area contributed by atoms with Crippen molar-refractivity contribution in [2.45, 2.75) is 44.4 Å². The second-order valence-corrected chi connectivity index (χ2v) is 8.52. The van der Waals surface area contributed by atoms with Crippen molar-refractivity contribution in [1.82, 2.24) is 24.3 Å². The molecular weight excluding hydrogens is 410 g/mol. The zero-order chi connectivity index (χ0) is 21.8. The Morgan fingerprint density at radius 2 is 2.17 bits per heavy atom. The molecule has 1 saturated carbocycles. The molecule has 0 unspecified atom stereocenters. The highest BCUT2D eigenvalue weighted by molar-refractivity contribution is 7.99. The molecule has 0 bridgehead atoms. The largest absolute Gasteiger partial charge is 0.383 e. The number of carbonyl (C=O) groups is 1. The van der Waals surface area contributed by atoms with Crippen molar-refractivity contribution in [3.8, 4) is 0 Å². The van der Waals surface area contributed by atoms with Crippen molar-refractivity contribution >= 4 is 29.2 Å². The van der Waals surface area contributed by atoms with E-state index in [0.717, 1.165) is 12.8 Å². The van der Waals surface area contributed by atoms with E-state index in [1.165, 1.54) is 28.3 Å². The molecule has 0 radical (unpaired) electrons. The number of H-pyrrole nitrogens is 1. The van der Waals surface area contributed by atoms with Gasteiger partial charge in [-0.05, 0) is 18.8 Å². The lowest BCUT2D eigenvalue weighted by Gasteiger charge is -2.24. The summed E-state index contributed by atoms with van der Waals surface area (Å²) in [6.45, 7) is 4.50. The summed E-state index contributed by atoms with van der Waals surface area (Å²) in [6.07, 6.45) is 3.81. The number of rotatable bonds is 10. The molecule has 0 aromatic carbocycles. The smallest absolute Gasteiger partial charge is 0.330 e.